The van der Waals surface area contributed by atoms with Crippen LogP contribution in [0.2, 0.25) is 0 Å². The fourth-order valence-corrected chi connectivity index (χ4v) is 4.75. The van der Waals surface area contributed by atoms with E-state index in [1.807, 2.05) is 26.8 Å². The minimum absolute atomic E-state index is 0.414. The number of sulfonamides is 1. The van der Waals surface area contributed by atoms with Crippen LogP contribution in [-0.4, -0.2) is 32.4 Å². The zero-order chi connectivity index (χ0) is 15.6. The Balaban J connectivity index is 2.38. The zero-order valence-electron chi connectivity index (χ0n) is 13.3. The summed E-state index contributed by atoms with van der Waals surface area (Å²) in [6.45, 7) is 9.58. The van der Waals surface area contributed by atoms with E-state index in [9.17, 15) is 8.42 Å². The molecule has 21 heavy (non-hydrogen) atoms. The number of piperidine rings is 1. The van der Waals surface area contributed by atoms with E-state index in [0.717, 1.165) is 29.7 Å². The number of hydrogen-bond acceptors (Lipinski definition) is 3. The molecule has 0 radical (unpaired) electrons. The molecule has 1 atom stereocenters. The summed E-state index contributed by atoms with van der Waals surface area (Å²) in [5.74, 6) is 1.19. The maximum absolute atomic E-state index is 12.9. The van der Waals surface area contributed by atoms with Crippen molar-refractivity contribution < 1.29 is 13.2 Å². The number of benzene rings is 1. The van der Waals surface area contributed by atoms with Gasteiger partial charge in [0.2, 0.25) is 10.0 Å². The van der Waals surface area contributed by atoms with Gasteiger partial charge in [0, 0.05) is 13.1 Å². The molecule has 2 rings (SSSR count). The van der Waals surface area contributed by atoms with E-state index in [-0.39, 0.29) is 0 Å². The van der Waals surface area contributed by atoms with Gasteiger partial charge < -0.3 is 4.74 Å². The summed E-state index contributed by atoms with van der Waals surface area (Å²) in [4.78, 5) is 0.414. The maximum Gasteiger partial charge on any atom is 0.243 e. The van der Waals surface area contributed by atoms with E-state index in [1.54, 1.807) is 10.4 Å². The topological polar surface area (TPSA) is 46.6 Å². The van der Waals surface area contributed by atoms with Gasteiger partial charge in [-0.15, -0.1) is 0 Å². The highest BCUT2D eigenvalue weighted by Crippen LogP contribution is 2.30. The van der Waals surface area contributed by atoms with Crippen molar-refractivity contribution in [1.82, 2.24) is 4.31 Å². The van der Waals surface area contributed by atoms with Crippen molar-refractivity contribution in [2.75, 3.05) is 19.7 Å². The summed E-state index contributed by atoms with van der Waals surface area (Å²) < 4.78 is 32.9. The molecule has 1 saturated heterocycles. The summed E-state index contributed by atoms with van der Waals surface area (Å²) in [5.41, 5.74) is 1.62. The first kappa shape index (κ1) is 16.3. The normalized spacial score (nSPS) is 20.5. The molecule has 0 amide bonds. The molecule has 0 saturated carbocycles. The minimum atomic E-state index is -3.40. The lowest BCUT2D eigenvalue weighted by Crippen LogP contribution is -2.39. The molecule has 0 aliphatic carbocycles. The summed E-state index contributed by atoms with van der Waals surface area (Å²) in [6, 6.07) is 3.58. The third-order valence-electron chi connectivity index (χ3n) is 4.01. The third-order valence-corrected chi connectivity index (χ3v) is 6.02. The van der Waals surface area contributed by atoms with Gasteiger partial charge in [0.25, 0.3) is 0 Å². The standard InChI is InChI=1S/C16H25NO3S/c1-5-20-15-9-14(4)16(10-13(15)3)21(18,19)17-8-6-7-12(2)11-17/h9-10,12H,5-8,11H2,1-4H3/t12-/m1/s1. The molecular formula is C16H25NO3S. The zero-order valence-corrected chi connectivity index (χ0v) is 14.2. The van der Waals surface area contributed by atoms with Gasteiger partial charge >= 0.3 is 0 Å². The Labute approximate surface area is 128 Å². The largest absolute Gasteiger partial charge is 0.494 e. The summed E-state index contributed by atoms with van der Waals surface area (Å²) >= 11 is 0. The minimum Gasteiger partial charge on any atom is -0.494 e. The van der Waals surface area contributed by atoms with E-state index >= 15 is 0 Å². The van der Waals surface area contributed by atoms with Gasteiger partial charge in [0.1, 0.15) is 5.75 Å². The Kier molecular flexibility index (Phi) is 4.94. The monoisotopic (exact) mass is 311 g/mol. The van der Waals surface area contributed by atoms with Crippen molar-refractivity contribution in [3.05, 3.63) is 23.3 Å². The van der Waals surface area contributed by atoms with Gasteiger partial charge in [-0.3, -0.25) is 0 Å². The summed E-state index contributed by atoms with van der Waals surface area (Å²) in [5, 5.41) is 0. The van der Waals surface area contributed by atoms with Crippen LogP contribution in [0.25, 0.3) is 0 Å². The molecule has 118 valence electrons. The number of hydrogen-bond donors (Lipinski definition) is 0. The van der Waals surface area contributed by atoms with Crippen LogP contribution >= 0.6 is 0 Å². The molecule has 0 aromatic heterocycles. The highest BCUT2D eigenvalue weighted by molar-refractivity contribution is 7.89. The molecule has 1 heterocycles. The molecular weight excluding hydrogens is 286 g/mol. The molecule has 1 aliphatic rings. The van der Waals surface area contributed by atoms with Crippen LogP contribution in [0.1, 0.15) is 37.8 Å². The molecule has 4 nitrogen and oxygen atoms in total. The first-order chi connectivity index (χ1) is 9.86. The molecule has 1 aromatic rings. The lowest BCUT2D eigenvalue weighted by Gasteiger charge is -2.30. The van der Waals surface area contributed by atoms with Gasteiger partial charge in [-0.25, -0.2) is 8.42 Å². The number of rotatable bonds is 4. The summed E-state index contributed by atoms with van der Waals surface area (Å²) in [6.07, 6.45) is 2.04. The van der Waals surface area contributed by atoms with E-state index in [2.05, 4.69) is 6.92 Å². The summed E-state index contributed by atoms with van der Waals surface area (Å²) in [7, 11) is -3.40. The van der Waals surface area contributed by atoms with E-state index < -0.39 is 10.0 Å². The second kappa shape index (κ2) is 6.36. The average Bonchev–Trinajstić information content (AvgIpc) is 2.42. The van der Waals surface area contributed by atoms with Crippen LogP contribution < -0.4 is 4.74 Å². The predicted molar refractivity (Wildman–Crippen MR) is 84.2 cm³/mol. The highest BCUT2D eigenvalue weighted by atomic mass is 32.2. The van der Waals surface area contributed by atoms with Crippen molar-refractivity contribution in [1.29, 1.82) is 0 Å². The Morgan fingerprint density at radius 1 is 1.29 bits per heavy atom. The molecule has 0 spiro atoms. The van der Waals surface area contributed by atoms with Crippen LogP contribution in [0, 0.1) is 19.8 Å². The first-order valence-corrected chi connectivity index (χ1v) is 9.04. The second-order valence-electron chi connectivity index (χ2n) is 5.93. The second-order valence-corrected chi connectivity index (χ2v) is 7.83. The molecule has 0 N–H and O–H groups in total. The predicted octanol–water partition coefficient (Wildman–Crippen LogP) is 3.12. The number of aryl methyl sites for hydroxylation is 2. The van der Waals surface area contributed by atoms with Crippen LogP contribution in [0.15, 0.2) is 17.0 Å². The molecule has 0 unspecified atom stereocenters. The first-order valence-electron chi connectivity index (χ1n) is 7.60. The molecule has 1 fully saturated rings. The van der Waals surface area contributed by atoms with Crippen molar-refractivity contribution in [2.24, 2.45) is 5.92 Å². The Morgan fingerprint density at radius 2 is 2.00 bits per heavy atom. The van der Waals surface area contributed by atoms with Crippen molar-refractivity contribution in [3.63, 3.8) is 0 Å². The van der Waals surface area contributed by atoms with E-state index in [1.165, 1.54) is 0 Å². The highest BCUT2D eigenvalue weighted by Gasteiger charge is 2.30. The molecule has 1 aliphatic heterocycles. The maximum atomic E-state index is 12.9. The van der Waals surface area contributed by atoms with Crippen LogP contribution in [0.4, 0.5) is 0 Å². The van der Waals surface area contributed by atoms with Crippen LogP contribution in [0.3, 0.4) is 0 Å². The number of nitrogens with zero attached hydrogens (tertiary/aromatic N) is 1. The van der Waals surface area contributed by atoms with Crippen molar-refractivity contribution >= 4 is 10.0 Å². The van der Waals surface area contributed by atoms with Gasteiger partial charge in [-0.2, -0.15) is 4.31 Å². The quantitative estimate of drug-likeness (QED) is 0.858. The van der Waals surface area contributed by atoms with Gasteiger partial charge in [0.15, 0.2) is 0 Å². The lowest BCUT2D eigenvalue weighted by molar-refractivity contribution is 0.281. The molecule has 0 bridgehead atoms. The van der Waals surface area contributed by atoms with Crippen LogP contribution in [0.5, 0.6) is 5.75 Å². The Bertz CT molecular complexity index is 610. The Hall–Kier alpha value is -1.07. The fraction of sp³-hybridized carbons (Fsp3) is 0.625. The average molecular weight is 311 g/mol. The smallest absolute Gasteiger partial charge is 0.243 e. The molecule has 5 heteroatoms. The van der Waals surface area contributed by atoms with Gasteiger partial charge in [-0.05, 0) is 62.8 Å². The van der Waals surface area contributed by atoms with E-state index in [4.69, 9.17) is 4.74 Å². The molecule has 1 aromatic carbocycles. The van der Waals surface area contributed by atoms with Crippen molar-refractivity contribution in [3.8, 4) is 5.75 Å². The van der Waals surface area contributed by atoms with Crippen molar-refractivity contribution in [2.45, 2.75) is 45.4 Å². The lowest BCUT2D eigenvalue weighted by atomic mass is 10.0. The fourth-order valence-electron chi connectivity index (χ4n) is 2.86. The number of ether oxygens (including phenoxy) is 1. The Morgan fingerprint density at radius 3 is 2.62 bits per heavy atom. The third kappa shape index (κ3) is 3.40. The van der Waals surface area contributed by atoms with Crippen LogP contribution in [-0.2, 0) is 10.0 Å². The van der Waals surface area contributed by atoms with Gasteiger partial charge in [-0.1, -0.05) is 6.92 Å². The van der Waals surface area contributed by atoms with E-state index in [0.29, 0.717) is 30.5 Å². The van der Waals surface area contributed by atoms with Gasteiger partial charge in [0.05, 0.1) is 11.5 Å². The SMILES string of the molecule is CCOc1cc(C)c(S(=O)(=O)N2CCC[C@@H](C)C2)cc1C.